The minimum absolute atomic E-state index is 0.00492. The number of aliphatic hydroxyl groups excluding tert-OH is 1. The first-order chi connectivity index (χ1) is 22.3. The van der Waals surface area contributed by atoms with Crippen LogP contribution in [0.5, 0.6) is 5.75 Å². The highest BCUT2D eigenvalue weighted by Crippen LogP contribution is 2.17. The van der Waals surface area contributed by atoms with Crippen LogP contribution in [-0.4, -0.2) is 64.7 Å². The van der Waals surface area contributed by atoms with Gasteiger partial charge >= 0.3 is 0 Å². The van der Waals surface area contributed by atoms with Crippen LogP contribution in [0.4, 0.5) is 0 Å². The van der Waals surface area contributed by atoms with Gasteiger partial charge in [0.25, 0.3) is 11.8 Å². The lowest BCUT2D eigenvalue weighted by Crippen LogP contribution is -2.54. The number of nitriles is 1. The van der Waals surface area contributed by atoms with Crippen LogP contribution < -0.4 is 26.0 Å². The molecule has 2 aromatic carbocycles. The summed E-state index contributed by atoms with van der Waals surface area (Å²) in [6.45, 7) is 8.40. The van der Waals surface area contributed by atoms with E-state index in [2.05, 4.69) is 30.9 Å². The van der Waals surface area contributed by atoms with Crippen LogP contribution in [0.2, 0.25) is 0 Å². The van der Waals surface area contributed by atoms with E-state index in [0.717, 1.165) is 11.1 Å². The van der Waals surface area contributed by atoms with Crippen molar-refractivity contribution in [2.75, 3.05) is 13.2 Å². The van der Waals surface area contributed by atoms with Gasteiger partial charge in [-0.05, 0) is 64.0 Å². The van der Waals surface area contributed by atoms with Gasteiger partial charge in [0.05, 0.1) is 12.0 Å². The Morgan fingerprint density at radius 2 is 1.79 bits per heavy atom. The van der Waals surface area contributed by atoms with E-state index in [-0.39, 0.29) is 31.0 Å². The topological polar surface area (TPSA) is 196 Å². The normalized spacial score (nSPS) is 13.3. The van der Waals surface area contributed by atoms with Crippen LogP contribution in [0.3, 0.4) is 0 Å². The van der Waals surface area contributed by atoms with Crippen LogP contribution in [0, 0.1) is 24.2 Å². The van der Waals surface area contributed by atoms with Crippen LogP contribution in [0.15, 0.2) is 71.0 Å². The van der Waals surface area contributed by atoms with Gasteiger partial charge < -0.3 is 35.6 Å². The molecule has 4 amide bonds. The predicted molar refractivity (Wildman–Crippen MR) is 172 cm³/mol. The van der Waals surface area contributed by atoms with E-state index >= 15 is 0 Å². The average Bonchev–Trinajstić information content (AvgIpc) is 3.56. The molecule has 0 aliphatic rings. The maximum absolute atomic E-state index is 13.3. The number of benzene rings is 2. The van der Waals surface area contributed by atoms with Gasteiger partial charge in [0.2, 0.25) is 11.8 Å². The van der Waals surface area contributed by atoms with Gasteiger partial charge in [-0.3, -0.25) is 19.2 Å². The smallest absolute Gasteiger partial charge is 0.273 e. The van der Waals surface area contributed by atoms with Crippen molar-refractivity contribution in [1.29, 1.82) is 5.26 Å². The maximum atomic E-state index is 13.3. The molecule has 1 heterocycles. The number of carbonyl (C=O) groups excluding carboxylic acids is 4. The zero-order chi connectivity index (χ0) is 34.6. The van der Waals surface area contributed by atoms with E-state index in [9.17, 15) is 29.5 Å². The van der Waals surface area contributed by atoms with Crippen LogP contribution >= 0.6 is 0 Å². The Hall–Kier alpha value is -5.48. The monoisotopic (exact) mass is 644 g/mol. The highest BCUT2D eigenvalue weighted by atomic mass is 16.5. The molecular formula is C34H40N6O7. The summed E-state index contributed by atoms with van der Waals surface area (Å²) in [5.74, 6) is -3.17. The number of rotatable bonds is 14. The second-order valence-electron chi connectivity index (χ2n) is 12.0. The standard InChI is InChI=1S/C34H40N6O7/c1-21-9-11-23(12-10-21)18-36-33(45)29(38-31(43)27(22(2)41)19-37-32(44)28-13-14-47-40-28)20-46-26-8-6-7-24(16-26)15-25(17-35)30(42)39-34(3,4)5/h6-16,22,27,29,41H,18-20H2,1-5H3,(H,36,45)(H,37,44)(H,38,43)(H,39,42)/b25-15+/t22-,27+,29+/m1/s1. The Morgan fingerprint density at radius 1 is 1.06 bits per heavy atom. The minimum Gasteiger partial charge on any atom is -0.491 e. The third kappa shape index (κ3) is 11.8. The van der Waals surface area contributed by atoms with Gasteiger partial charge in [-0.1, -0.05) is 47.1 Å². The molecule has 13 nitrogen and oxygen atoms in total. The molecular weight excluding hydrogens is 604 g/mol. The molecule has 47 heavy (non-hydrogen) atoms. The maximum Gasteiger partial charge on any atom is 0.273 e. The van der Waals surface area contributed by atoms with Crippen LogP contribution in [0.1, 0.15) is 54.9 Å². The molecule has 0 aliphatic carbocycles. The van der Waals surface area contributed by atoms with Gasteiger partial charge in [0, 0.05) is 24.7 Å². The van der Waals surface area contributed by atoms with Crippen molar-refractivity contribution in [3.05, 3.63) is 88.8 Å². The number of amides is 4. The van der Waals surface area contributed by atoms with E-state index in [1.165, 1.54) is 25.3 Å². The lowest BCUT2D eigenvalue weighted by Gasteiger charge is -2.24. The molecule has 0 unspecified atom stereocenters. The van der Waals surface area contributed by atoms with Crippen LogP contribution in [-0.2, 0) is 20.9 Å². The molecule has 0 radical (unpaired) electrons. The first-order valence-electron chi connectivity index (χ1n) is 14.9. The quantitative estimate of drug-likeness (QED) is 0.129. The Bertz CT molecular complexity index is 1600. The third-order valence-corrected chi connectivity index (χ3v) is 6.73. The van der Waals surface area contributed by atoms with Crippen molar-refractivity contribution < 1.29 is 33.5 Å². The van der Waals surface area contributed by atoms with Crippen LogP contribution in [0.25, 0.3) is 6.08 Å². The van der Waals surface area contributed by atoms with Crippen molar-refractivity contribution in [2.45, 2.75) is 58.8 Å². The number of nitrogens with one attached hydrogen (secondary N) is 4. The van der Waals surface area contributed by atoms with Gasteiger partial charge in [0.15, 0.2) is 5.69 Å². The summed E-state index contributed by atoms with van der Waals surface area (Å²) >= 11 is 0. The second-order valence-corrected chi connectivity index (χ2v) is 12.0. The molecule has 248 valence electrons. The summed E-state index contributed by atoms with van der Waals surface area (Å²) in [6.07, 6.45) is 1.46. The molecule has 5 N–H and O–H groups in total. The zero-order valence-corrected chi connectivity index (χ0v) is 27.0. The Morgan fingerprint density at radius 3 is 2.40 bits per heavy atom. The van der Waals surface area contributed by atoms with Crippen molar-refractivity contribution in [2.24, 2.45) is 5.92 Å². The first-order valence-corrected chi connectivity index (χ1v) is 14.9. The number of carbonyl (C=O) groups is 4. The molecule has 3 aromatic rings. The van der Waals surface area contributed by atoms with Gasteiger partial charge in [0.1, 0.15) is 36.3 Å². The first kappa shape index (κ1) is 36.0. The predicted octanol–water partition coefficient (Wildman–Crippen LogP) is 2.41. The summed E-state index contributed by atoms with van der Waals surface area (Å²) in [5.41, 5.74) is 1.78. The highest BCUT2D eigenvalue weighted by molar-refractivity contribution is 6.02. The fraction of sp³-hybridized carbons (Fsp3) is 0.353. The van der Waals surface area contributed by atoms with E-state index in [1.54, 1.807) is 45.0 Å². The number of hydrogen-bond donors (Lipinski definition) is 5. The summed E-state index contributed by atoms with van der Waals surface area (Å²) in [4.78, 5) is 51.5. The number of aryl methyl sites for hydroxylation is 1. The molecule has 0 bridgehead atoms. The lowest BCUT2D eigenvalue weighted by molar-refractivity contribution is -0.133. The van der Waals surface area contributed by atoms with Crippen molar-refractivity contribution in [1.82, 2.24) is 26.4 Å². The summed E-state index contributed by atoms with van der Waals surface area (Å²) < 4.78 is 10.6. The Balaban J connectivity index is 1.76. The average molecular weight is 645 g/mol. The largest absolute Gasteiger partial charge is 0.491 e. The molecule has 3 rings (SSSR count). The second kappa shape index (κ2) is 16.7. The molecule has 3 atom stereocenters. The number of aromatic nitrogens is 1. The van der Waals surface area contributed by atoms with Crippen molar-refractivity contribution >= 4 is 29.7 Å². The third-order valence-electron chi connectivity index (χ3n) is 6.73. The minimum atomic E-state index is -1.20. The fourth-order valence-corrected chi connectivity index (χ4v) is 4.18. The summed E-state index contributed by atoms with van der Waals surface area (Å²) in [5, 5.41) is 34.2. The molecule has 13 heteroatoms. The van der Waals surface area contributed by atoms with Gasteiger partial charge in [-0.15, -0.1) is 0 Å². The molecule has 0 saturated heterocycles. The highest BCUT2D eigenvalue weighted by Gasteiger charge is 2.30. The lowest BCUT2D eigenvalue weighted by atomic mass is 10.0. The van der Waals surface area contributed by atoms with Gasteiger partial charge in [-0.2, -0.15) is 5.26 Å². The number of hydrogen-bond acceptors (Lipinski definition) is 9. The Kier molecular flexibility index (Phi) is 12.8. The molecule has 1 aromatic heterocycles. The fourth-order valence-electron chi connectivity index (χ4n) is 4.18. The van der Waals surface area contributed by atoms with E-state index in [0.29, 0.717) is 11.3 Å². The number of aliphatic hydroxyl groups is 1. The molecule has 0 saturated carbocycles. The van der Waals surface area contributed by atoms with E-state index < -0.39 is 47.2 Å². The summed E-state index contributed by atoms with van der Waals surface area (Å²) in [6, 6.07) is 16.2. The number of ether oxygens (including phenoxy) is 1. The van der Waals surface area contributed by atoms with E-state index in [4.69, 9.17) is 4.74 Å². The summed E-state index contributed by atoms with van der Waals surface area (Å²) in [7, 11) is 0. The van der Waals surface area contributed by atoms with Gasteiger partial charge in [-0.25, -0.2) is 0 Å². The Labute approximate surface area is 273 Å². The SMILES string of the molecule is Cc1ccc(CNC(=O)[C@H](COc2cccc(/C=C(\C#N)C(=O)NC(C)(C)C)c2)NC(=O)[C@@H](CNC(=O)c2ccon2)[C@@H](C)O)cc1. The molecule has 0 spiro atoms. The van der Waals surface area contributed by atoms with E-state index in [1.807, 2.05) is 37.3 Å². The molecule has 0 fully saturated rings. The molecule has 0 aliphatic heterocycles. The number of nitrogens with zero attached hydrogens (tertiary/aromatic N) is 2. The zero-order valence-electron chi connectivity index (χ0n) is 27.0. The van der Waals surface area contributed by atoms with Crippen molar-refractivity contribution in [3.63, 3.8) is 0 Å². The van der Waals surface area contributed by atoms with Crippen molar-refractivity contribution in [3.8, 4) is 11.8 Å².